The third-order valence-electron chi connectivity index (χ3n) is 3.63. The lowest BCUT2D eigenvalue weighted by molar-refractivity contribution is -0.118. The third kappa shape index (κ3) is 2.74. The van der Waals surface area contributed by atoms with Crippen molar-refractivity contribution in [3.63, 3.8) is 0 Å². The Kier molecular flexibility index (Phi) is 3.71. The molecule has 0 saturated heterocycles. The van der Waals surface area contributed by atoms with Crippen LogP contribution in [0.1, 0.15) is 28.8 Å². The predicted octanol–water partition coefficient (Wildman–Crippen LogP) is 3.47. The molecular weight excluding hydrogens is 288 g/mol. The van der Waals surface area contributed by atoms with Crippen LogP contribution in [0, 0.1) is 11.6 Å². The van der Waals surface area contributed by atoms with Crippen molar-refractivity contribution in [3.8, 4) is 0 Å². The number of benzene rings is 2. The summed E-state index contributed by atoms with van der Waals surface area (Å²) in [7, 11) is 0. The number of hydrogen-bond acceptors (Lipinski definition) is 2. The summed E-state index contributed by atoms with van der Waals surface area (Å²) in [6, 6.07) is 9.95. The normalized spacial score (nSPS) is 14.7. The monoisotopic (exact) mass is 301 g/mol. The molecule has 112 valence electrons. The van der Waals surface area contributed by atoms with Gasteiger partial charge in [0.2, 0.25) is 5.91 Å². The number of para-hydroxylation sites is 1. The first-order valence-electron chi connectivity index (χ1n) is 6.92. The molecule has 0 bridgehead atoms. The van der Waals surface area contributed by atoms with Gasteiger partial charge < -0.3 is 4.90 Å². The van der Waals surface area contributed by atoms with Crippen LogP contribution < -0.4 is 4.90 Å². The van der Waals surface area contributed by atoms with Gasteiger partial charge in [0.1, 0.15) is 11.6 Å². The first kappa shape index (κ1) is 14.4. The van der Waals surface area contributed by atoms with Gasteiger partial charge >= 0.3 is 0 Å². The van der Waals surface area contributed by atoms with Crippen molar-refractivity contribution in [2.75, 3.05) is 4.90 Å². The van der Waals surface area contributed by atoms with Crippen LogP contribution >= 0.6 is 0 Å². The number of anilines is 1. The van der Waals surface area contributed by atoms with Crippen LogP contribution in [0.5, 0.6) is 0 Å². The van der Waals surface area contributed by atoms with E-state index in [1.165, 1.54) is 17.0 Å². The van der Waals surface area contributed by atoms with E-state index in [1.807, 2.05) is 0 Å². The number of Topliss-reactive ketones (excluding diaryl/α,β-unsaturated/α-hetero) is 1. The average Bonchev–Trinajstić information content (AvgIpc) is 2.59. The lowest BCUT2D eigenvalue weighted by Gasteiger charge is -2.22. The molecule has 5 heteroatoms. The highest BCUT2D eigenvalue weighted by molar-refractivity contribution is 6.09. The van der Waals surface area contributed by atoms with Crippen molar-refractivity contribution < 1.29 is 18.4 Å². The highest BCUT2D eigenvalue weighted by Gasteiger charge is 2.26. The minimum atomic E-state index is -0.693. The van der Waals surface area contributed by atoms with Gasteiger partial charge in [0.25, 0.3) is 0 Å². The van der Waals surface area contributed by atoms with Crippen molar-refractivity contribution in [2.24, 2.45) is 0 Å². The highest BCUT2D eigenvalue weighted by atomic mass is 19.1. The Morgan fingerprint density at radius 3 is 2.36 bits per heavy atom. The van der Waals surface area contributed by atoms with E-state index in [0.717, 1.165) is 6.07 Å². The SMILES string of the molecule is O=C1CCC(=O)N(Cc2cc(F)cc(F)c2)c2ccccc21. The molecule has 2 aromatic rings. The van der Waals surface area contributed by atoms with E-state index in [4.69, 9.17) is 0 Å². The zero-order valence-electron chi connectivity index (χ0n) is 11.7. The maximum Gasteiger partial charge on any atom is 0.227 e. The lowest BCUT2D eigenvalue weighted by atomic mass is 10.1. The topological polar surface area (TPSA) is 37.4 Å². The van der Waals surface area contributed by atoms with E-state index in [2.05, 4.69) is 0 Å². The fraction of sp³-hybridized carbons (Fsp3) is 0.176. The molecule has 0 radical (unpaired) electrons. The number of rotatable bonds is 2. The number of carbonyl (C=O) groups is 2. The Balaban J connectivity index is 2.02. The summed E-state index contributed by atoms with van der Waals surface area (Å²) in [6.07, 6.45) is 0.231. The second-order valence-electron chi connectivity index (χ2n) is 5.20. The summed E-state index contributed by atoms with van der Waals surface area (Å²) in [5.41, 5.74) is 1.29. The first-order valence-corrected chi connectivity index (χ1v) is 6.92. The molecule has 2 aromatic carbocycles. The van der Waals surface area contributed by atoms with Crippen molar-refractivity contribution in [1.82, 2.24) is 0 Å². The number of nitrogens with zero attached hydrogens (tertiary/aromatic N) is 1. The average molecular weight is 301 g/mol. The van der Waals surface area contributed by atoms with Crippen LogP contribution in [0.4, 0.5) is 14.5 Å². The molecular formula is C17H13F2NO2. The summed E-state index contributed by atoms with van der Waals surface area (Å²) in [4.78, 5) is 25.8. The molecule has 0 fully saturated rings. The maximum atomic E-state index is 13.3. The molecule has 0 aliphatic carbocycles. The van der Waals surface area contributed by atoms with Crippen LogP contribution in [0.15, 0.2) is 42.5 Å². The van der Waals surface area contributed by atoms with E-state index >= 15 is 0 Å². The molecule has 3 nitrogen and oxygen atoms in total. The van der Waals surface area contributed by atoms with Crippen LogP contribution in [-0.2, 0) is 11.3 Å². The minimum absolute atomic E-state index is 0.0256. The fourth-order valence-electron chi connectivity index (χ4n) is 2.63. The van der Waals surface area contributed by atoms with Gasteiger partial charge in [-0.25, -0.2) is 8.78 Å². The molecule has 0 atom stereocenters. The van der Waals surface area contributed by atoms with Crippen LogP contribution in [0.3, 0.4) is 0 Å². The molecule has 1 aliphatic rings. The van der Waals surface area contributed by atoms with Gasteiger partial charge in [-0.2, -0.15) is 0 Å². The minimum Gasteiger partial charge on any atom is -0.307 e. The van der Waals surface area contributed by atoms with E-state index < -0.39 is 11.6 Å². The third-order valence-corrected chi connectivity index (χ3v) is 3.63. The summed E-state index contributed by atoms with van der Waals surface area (Å²) < 4.78 is 26.6. The summed E-state index contributed by atoms with van der Waals surface area (Å²) in [5.74, 6) is -1.72. The molecule has 0 aromatic heterocycles. The van der Waals surface area contributed by atoms with Gasteiger partial charge in [-0.3, -0.25) is 9.59 Å². The Labute approximate surface area is 126 Å². The number of fused-ring (bicyclic) bond motifs is 1. The highest BCUT2D eigenvalue weighted by Crippen LogP contribution is 2.28. The smallest absolute Gasteiger partial charge is 0.227 e. The number of amides is 1. The van der Waals surface area contributed by atoms with Gasteiger partial charge in [0.05, 0.1) is 12.2 Å². The number of carbonyl (C=O) groups excluding carboxylic acids is 2. The Hall–Kier alpha value is -2.56. The van der Waals surface area contributed by atoms with Crippen LogP contribution in [-0.4, -0.2) is 11.7 Å². The second kappa shape index (κ2) is 5.67. The number of ketones is 1. The molecule has 1 heterocycles. The van der Waals surface area contributed by atoms with Gasteiger partial charge in [-0.1, -0.05) is 12.1 Å². The standard InChI is InChI=1S/C17H13F2NO2/c18-12-7-11(8-13(19)9-12)10-20-15-4-2-1-3-14(15)16(21)5-6-17(20)22/h1-4,7-9H,5-6,10H2. The van der Waals surface area contributed by atoms with E-state index in [9.17, 15) is 18.4 Å². The first-order chi connectivity index (χ1) is 10.5. The fourth-order valence-corrected chi connectivity index (χ4v) is 2.63. The zero-order chi connectivity index (χ0) is 15.7. The zero-order valence-corrected chi connectivity index (χ0v) is 11.7. The van der Waals surface area contributed by atoms with Crippen molar-refractivity contribution >= 4 is 17.4 Å². The molecule has 3 rings (SSSR count). The van der Waals surface area contributed by atoms with Gasteiger partial charge in [0.15, 0.2) is 5.78 Å². The van der Waals surface area contributed by atoms with Crippen molar-refractivity contribution in [3.05, 3.63) is 65.2 Å². The largest absolute Gasteiger partial charge is 0.307 e. The maximum absolute atomic E-state index is 13.3. The molecule has 0 spiro atoms. The molecule has 0 unspecified atom stereocenters. The van der Waals surface area contributed by atoms with Gasteiger partial charge in [-0.05, 0) is 29.8 Å². The quantitative estimate of drug-likeness (QED) is 0.851. The summed E-state index contributed by atoms with van der Waals surface area (Å²) in [6.45, 7) is 0.0256. The van der Waals surface area contributed by atoms with Gasteiger partial charge in [-0.15, -0.1) is 0 Å². The van der Waals surface area contributed by atoms with Crippen molar-refractivity contribution in [2.45, 2.75) is 19.4 Å². The predicted molar refractivity (Wildman–Crippen MR) is 77.6 cm³/mol. The van der Waals surface area contributed by atoms with E-state index in [1.54, 1.807) is 24.3 Å². The molecule has 1 amide bonds. The van der Waals surface area contributed by atoms with Gasteiger partial charge in [0, 0.05) is 24.5 Å². The lowest BCUT2D eigenvalue weighted by Crippen LogP contribution is -2.29. The molecule has 1 aliphatic heterocycles. The Morgan fingerprint density at radius 2 is 1.64 bits per heavy atom. The summed E-state index contributed by atoms with van der Waals surface area (Å²) in [5, 5.41) is 0. The second-order valence-corrected chi connectivity index (χ2v) is 5.20. The molecule has 22 heavy (non-hydrogen) atoms. The Morgan fingerprint density at radius 1 is 0.955 bits per heavy atom. The number of halogens is 2. The van der Waals surface area contributed by atoms with E-state index in [0.29, 0.717) is 16.8 Å². The molecule has 0 saturated carbocycles. The van der Waals surface area contributed by atoms with E-state index in [-0.39, 0.29) is 31.1 Å². The van der Waals surface area contributed by atoms with Crippen LogP contribution in [0.25, 0.3) is 0 Å². The van der Waals surface area contributed by atoms with Crippen molar-refractivity contribution in [1.29, 1.82) is 0 Å². The molecule has 0 N–H and O–H groups in total. The summed E-state index contributed by atoms with van der Waals surface area (Å²) >= 11 is 0. The Bertz CT molecular complexity index is 738. The number of hydrogen-bond donors (Lipinski definition) is 0. The van der Waals surface area contributed by atoms with Crippen LogP contribution in [0.2, 0.25) is 0 Å².